The Balaban J connectivity index is 1.42. The molecule has 0 bridgehead atoms. The number of amides is 1. The Morgan fingerprint density at radius 2 is 1.97 bits per heavy atom. The molecule has 1 aliphatic heterocycles. The van der Waals surface area contributed by atoms with Gasteiger partial charge in [0.15, 0.2) is 0 Å². The highest BCUT2D eigenvalue weighted by Gasteiger charge is 2.29. The van der Waals surface area contributed by atoms with E-state index in [4.69, 9.17) is 14.7 Å². The second-order valence-corrected chi connectivity index (χ2v) is 10.6. The van der Waals surface area contributed by atoms with Gasteiger partial charge in [0.05, 0.1) is 36.0 Å². The molecule has 1 saturated heterocycles. The van der Waals surface area contributed by atoms with E-state index < -0.39 is 5.60 Å². The Labute approximate surface area is 221 Å². The van der Waals surface area contributed by atoms with Gasteiger partial charge in [0.2, 0.25) is 0 Å². The first-order valence-corrected chi connectivity index (χ1v) is 12.6. The maximum Gasteiger partial charge on any atom is 0.410 e. The van der Waals surface area contributed by atoms with Crippen molar-refractivity contribution < 1.29 is 9.53 Å². The van der Waals surface area contributed by atoms with Gasteiger partial charge in [0.25, 0.3) is 0 Å². The zero-order valence-corrected chi connectivity index (χ0v) is 22.3. The van der Waals surface area contributed by atoms with Crippen molar-refractivity contribution in [1.82, 2.24) is 34.3 Å². The van der Waals surface area contributed by atoms with Crippen molar-refractivity contribution in [2.75, 3.05) is 25.0 Å². The monoisotopic (exact) mass is 513 g/mol. The first kappa shape index (κ1) is 25.2. The Morgan fingerprint density at radius 1 is 1.16 bits per heavy atom. The highest BCUT2D eigenvalue weighted by Crippen LogP contribution is 2.30. The number of nitrogens with zero attached hydrogens (tertiary/aromatic N) is 9. The van der Waals surface area contributed by atoms with Crippen molar-refractivity contribution in [2.45, 2.75) is 45.3 Å². The van der Waals surface area contributed by atoms with E-state index in [0.29, 0.717) is 29.0 Å². The van der Waals surface area contributed by atoms with E-state index >= 15 is 0 Å². The number of likely N-dealkylation sites (N-methyl/N-ethyl adjacent to an activating group) is 1. The van der Waals surface area contributed by atoms with Crippen LogP contribution >= 0.6 is 0 Å². The first-order chi connectivity index (χ1) is 18.1. The molecule has 1 aliphatic rings. The lowest BCUT2D eigenvalue weighted by Crippen LogP contribution is -2.50. The van der Waals surface area contributed by atoms with Crippen LogP contribution in [-0.2, 0) is 11.8 Å². The lowest BCUT2D eigenvalue weighted by molar-refractivity contribution is 0.0209. The number of hydrogen-bond donors (Lipinski definition) is 0. The third-order valence-corrected chi connectivity index (χ3v) is 6.59. The number of carbonyl (C=O) groups excluding carboxylic acids is 1. The van der Waals surface area contributed by atoms with E-state index in [2.05, 4.69) is 21.2 Å². The molecular weight excluding hydrogens is 482 g/mol. The standard InChI is InChI=1S/C27H31N9O2/c1-27(2,3)38-26(37)34(5)21-7-6-10-35(16-21)23-9-8-18(12-29-23)24-25-19(11-28)13-31-36(25)17-22(32-24)20-14-30-33(4)15-20/h8-9,12-15,17,21H,6-7,10,16H2,1-5H3. The third kappa shape index (κ3) is 5.02. The minimum atomic E-state index is -0.536. The molecule has 1 amide bonds. The van der Waals surface area contributed by atoms with Crippen LogP contribution < -0.4 is 4.90 Å². The van der Waals surface area contributed by atoms with Gasteiger partial charge in [-0.05, 0) is 45.7 Å². The van der Waals surface area contributed by atoms with Crippen molar-refractivity contribution in [1.29, 1.82) is 5.26 Å². The topological polar surface area (TPSA) is 117 Å². The number of fused-ring (bicyclic) bond motifs is 1. The number of carbonyl (C=O) groups is 1. The molecular formula is C27H31N9O2. The van der Waals surface area contributed by atoms with Crippen molar-refractivity contribution in [3.8, 4) is 28.6 Å². The van der Waals surface area contributed by atoms with E-state index in [1.165, 1.54) is 0 Å². The van der Waals surface area contributed by atoms with Crippen LogP contribution in [0.1, 0.15) is 39.2 Å². The molecule has 11 heteroatoms. The summed E-state index contributed by atoms with van der Waals surface area (Å²) in [5.74, 6) is 0.824. The molecule has 5 heterocycles. The van der Waals surface area contributed by atoms with Gasteiger partial charge in [0.1, 0.15) is 28.6 Å². The van der Waals surface area contributed by atoms with Crippen LogP contribution in [0.3, 0.4) is 0 Å². The molecule has 1 atom stereocenters. The number of nitriles is 1. The zero-order chi connectivity index (χ0) is 27.0. The molecule has 11 nitrogen and oxygen atoms in total. The van der Waals surface area contributed by atoms with Crippen LogP contribution in [0.15, 0.2) is 43.1 Å². The molecule has 4 aromatic heterocycles. The van der Waals surface area contributed by atoms with Gasteiger partial charge in [-0.1, -0.05) is 0 Å². The van der Waals surface area contributed by atoms with Crippen LogP contribution in [0, 0.1) is 11.3 Å². The molecule has 0 saturated carbocycles. The minimum absolute atomic E-state index is 0.0301. The number of hydrogen-bond acceptors (Lipinski definition) is 8. The molecule has 38 heavy (non-hydrogen) atoms. The molecule has 0 aromatic carbocycles. The Morgan fingerprint density at radius 3 is 2.63 bits per heavy atom. The van der Waals surface area contributed by atoms with E-state index in [9.17, 15) is 10.1 Å². The van der Waals surface area contributed by atoms with Gasteiger partial charge >= 0.3 is 6.09 Å². The highest BCUT2D eigenvalue weighted by atomic mass is 16.6. The van der Waals surface area contributed by atoms with E-state index in [0.717, 1.165) is 36.3 Å². The normalized spacial score (nSPS) is 15.9. The highest BCUT2D eigenvalue weighted by molar-refractivity contribution is 5.83. The molecule has 5 rings (SSSR count). The maximum absolute atomic E-state index is 12.6. The lowest BCUT2D eigenvalue weighted by Gasteiger charge is -2.38. The van der Waals surface area contributed by atoms with Gasteiger partial charge < -0.3 is 14.5 Å². The zero-order valence-electron chi connectivity index (χ0n) is 22.3. The number of aromatic nitrogens is 6. The molecule has 1 fully saturated rings. The first-order valence-electron chi connectivity index (χ1n) is 12.6. The summed E-state index contributed by atoms with van der Waals surface area (Å²) in [5, 5.41) is 18.3. The summed E-state index contributed by atoms with van der Waals surface area (Å²) < 4.78 is 8.95. The number of aryl methyl sites for hydroxylation is 1. The smallest absolute Gasteiger partial charge is 0.410 e. The van der Waals surface area contributed by atoms with Gasteiger partial charge in [-0.2, -0.15) is 15.5 Å². The van der Waals surface area contributed by atoms with Gasteiger partial charge in [-0.25, -0.2) is 19.3 Å². The number of rotatable bonds is 4. The maximum atomic E-state index is 12.6. The molecule has 0 aliphatic carbocycles. The van der Waals surface area contributed by atoms with Crippen LogP contribution in [0.5, 0.6) is 0 Å². The second kappa shape index (κ2) is 9.78. The Kier molecular flexibility index (Phi) is 6.48. The summed E-state index contributed by atoms with van der Waals surface area (Å²) in [6.07, 6.45) is 10.3. The van der Waals surface area contributed by atoms with Crippen molar-refractivity contribution in [2.24, 2.45) is 7.05 Å². The third-order valence-electron chi connectivity index (χ3n) is 6.59. The van der Waals surface area contributed by atoms with Gasteiger partial charge in [-0.3, -0.25) is 4.68 Å². The molecule has 0 spiro atoms. The lowest BCUT2D eigenvalue weighted by atomic mass is 10.0. The fraction of sp³-hybridized carbons (Fsp3) is 0.407. The van der Waals surface area contributed by atoms with Crippen LogP contribution in [-0.4, -0.2) is 72.1 Å². The average molecular weight is 514 g/mol. The number of anilines is 1. The molecule has 196 valence electrons. The molecule has 4 aromatic rings. The predicted octanol–water partition coefficient (Wildman–Crippen LogP) is 3.90. The minimum Gasteiger partial charge on any atom is -0.444 e. The second-order valence-electron chi connectivity index (χ2n) is 10.6. The Bertz CT molecular complexity index is 1510. The fourth-order valence-electron chi connectivity index (χ4n) is 4.67. The summed E-state index contributed by atoms with van der Waals surface area (Å²) in [4.78, 5) is 26.1. The average Bonchev–Trinajstić information content (AvgIpc) is 3.53. The van der Waals surface area contributed by atoms with Gasteiger partial charge in [0, 0.05) is 50.7 Å². The summed E-state index contributed by atoms with van der Waals surface area (Å²) in [5.41, 5.74) is 3.49. The number of ether oxygens (including phenoxy) is 1. The fourth-order valence-corrected chi connectivity index (χ4v) is 4.67. The number of piperidine rings is 1. The predicted molar refractivity (Wildman–Crippen MR) is 142 cm³/mol. The molecule has 0 N–H and O–H groups in total. The largest absolute Gasteiger partial charge is 0.444 e. The summed E-state index contributed by atoms with van der Waals surface area (Å²) in [6, 6.07) is 6.17. The Hall–Kier alpha value is -4.46. The number of pyridine rings is 1. The van der Waals surface area contributed by atoms with Crippen molar-refractivity contribution in [3.05, 3.63) is 48.7 Å². The van der Waals surface area contributed by atoms with Crippen molar-refractivity contribution in [3.63, 3.8) is 0 Å². The van der Waals surface area contributed by atoms with Crippen LogP contribution in [0.25, 0.3) is 28.0 Å². The SMILES string of the molecule is CN(C(=O)OC(C)(C)C)C1CCCN(c2ccc(-c3nc(-c4cnn(C)c4)cn4ncc(C#N)c34)cn2)C1. The van der Waals surface area contributed by atoms with Crippen LogP contribution in [0.2, 0.25) is 0 Å². The van der Waals surface area contributed by atoms with E-state index in [-0.39, 0.29) is 12.1 Å². The summed E-state index contributed by atoms with van der Waals surface area (Å²) in [7, 11) is 3.65. The van der Waals surface area contributed by atoms with Crippen LogP contribution in [0.4, 0.5) is 10.6 Å². The summed E-state index contributed by atoms with van der Waals surface area (Å²) in [6.45, 7) is 7.13. The summed E-state index contributed by atoms with van der Waals surface area (Å²) >= 11 is 0. The van der Waals surface area contributed by atoms with E-state index in [1.54, 1.807) is 45.9 Å². The van der Waals surface area contributed by atoms with Gasteiger partial charge in [-0.15, -0.1) is 0 Å². The molecule has 0 radical (unpaired) electrons. The quantitative estimate of drug-likeness (QED) is 0.403. The van der Waals surface area contributed by atoms with E-state index in [1.807, 2.05) is 46.1 Å². The molecule has 1 unspecified atom stereocenters. The van der Waals surface area contributed by atoms with Crippen molar-refractivity contribution >= 4 is 17.4 Å².